The molecule has 2 N–H and O–H groups in total. The van der Waals surface area contributed by atoms with Crippen molar-refractivity contribution in [2.24, 2.45) is 0 Å². The van der Waals surface area contributed by atoms with E-state index in [1.54, 1.807) is 7.05 Å². The second-order valence-corrected chi connectivity index (χ2v) is 3.10. The molecule has 1 rings (SSSR count). The molecule has 80 valence electrons. The lowest BCUT2D eigenvalue weighted by Gasteiger charge is -2.26. The topological polar surface area (TPSA) is 78.9 Å². The third kappa shape index (κ3) is 2.76. The van der Waals surface area contributed by atoms with Crippen LogP contribution in [0.5, 0.6) is 0 Å². The summed E-state index contributed by atoms with van der Waals surface area (Å²) >= 11 is 0. The standard InChI is InChI=1S/C8H14N2O4/c1-9-2-6(11)3-10-7(12)4-14-5-8(10)13/h6,9,11H,2-5H2,1H3. The third-order valence-corrected chi connectivity index (χ3v) is 1.89. The lowest BCUT2D eigenvalue weighted by atomic mass is 10.3. The van der Waals surface area contributed by atoms with Crippen LogP contribution in [0.15, 0.2) is 0 Å². The first-order valence-corrected chi connectivity index (χ1v) is 4.38. The van der Waals surface area contributed by atoms with E-state index < -0.39 is 17.9 Å². The predicted octanol–water partition coefficient (Wildman–Crippen LogP) is -2.05. The van der Waals surface area contributed by atoms with E-state index in [1.807, 2.05) is 0 Å². The predicted molar refractivity (Wildman–Crippen MR) is 47.5 cm³/mol. The van der Waals surface area contributed by atoms with Gasteiger partial charge in [0.25, 0.3) is 11.8 Å². The second kappa shape index (κ2) is 5.04. The number of hydrogen-bond donors (Lipinski definition) is 2. The fourth-order valence-corrected chi connectivity index (χ4v) is 1.24. The van der Waals surface area contributed by atoms with Crippen LogP contribution < -0.4 is 5.32 Å². The number of morpholine rings is 1. The molecule has 0 aliphatic carbocycles. The molecule has 0 aromatic carbocycles. The number of aliphatic hydroxyl groups excluding tert-OH is 1. The number of ether oxygens (including phenoxy) is 1. The number of amides is 2. The van der Waals surface area contributed by atoms with Gasteiger partial charge in [-0.3, -0.25) is 14.5 Å². The van der Waals surface area contributed by atoms with Crippen LogP contribution in [-0.4, -0.2) is 61.3 Å². The molecule has 6 nitrogen and oxygen atoms in total. The molecule has 0 saturated carbocycles. The second-order valence-electron chi connectivity index (χ2n) is 3.10. The van der Waals surface area contributed by atoms with Crippen LogP contribution in [0.4, 0.5) is 0 Å². The van der Waals surface area contributed by atoms with E-state index in [0.29, 0.717) is 6.54 Å². The van der Waals surface area contributed by atoms with Crippen molar-refractivity contribution in [3.63, 3.8) is 0 Å². The van der Waals surface area contributed by atoms with Crippen molar-refractivity contribution in [1.29, 1.82) is 0 Å². The minimum Gasteiger partial charge on any atom is -0.390 e. The van der Waals surface area contributed by atoms with Crippen LogP contribution in [0, 0.1) is 0 Å². The number of imide groups is 1. The fourth-order valence-electron chi connectivity index (χ4n) is 1.24. The molecule has 2 amide bonds. The smallest absolute Gasteiger partial charge is 0.255 e. The van der Waals surface area contributed by atoms with Gasteiger partial charge in [0.2, 0.25) is 0 Å². The van der Waals surface area contributed by atoms with Gasteiger partial charge in [-0.2, -0.15) is 0 Å². The van der Waals surface area contributed by atoms with Crippen molar-refractivity contribution in [2.75, 3.05) is 33.4 Å². The highest BCUT2D eigenvalue weighted by Gasteiger charge is 2.27. The summed E-state index contributed by atoms with van der Waals surface area (Å²) in [6, 6.07) is 0. The summed E-state index contributed by atoms with van der Waals surface area (Å²) in [7, 11) is 1.69. The van der Waals surface area contributed by atoms with E-state index in [9.17, 15) is 14.7 Å². The van der Waals surface area contributed by atoms with Gasteiger partial charge >= 0.3 is 0 Å². The molecule has 0 radical (unpaired) electrons. The molecule has 1 unspecified atom stereocenters. The average Bonchev–Trinajstić information content (AvgIpc) is 2.12. The maximum absolute atomic E-state index is 11.2. The normalized spacial score (nSPS) is 20.0. The van der Waals surface area contributed by atoms with Crippen LogP contribution in [0.25, 0.3) is 0 Å². The largest absolute Gasteiger partial charge is 0.390 e. The first kappa shape index (κ1) is 11.1. The average molecular weight is 202 g/mol. The maximum Gasteiger partial charge on any atom is 0.255 e. The Labute approximate surface area is 81.8 Å². The molecular weight excluding hydrogens is 188 g/mol. The van der Waals surface area contributed by atoms with E-state index >= 15 is 0 Å². The van der Waals surface area contributed by atoms with E-state index in [-0.39, 0.29) is 19.8 Å². The van der Waals surface area contributed by atoms with Gasteiger partial charge in [0, 0.05) is 6.54 Å². The molecule has 0 aromatic heterocycles. The number of aliphatic hydroxyl groups is 1. The Bertz CT molecular complexity index is 215. The molecule has 1 atom stereocenters. The quantitative estimate of drug-likeness (QED) is 0.513. The van der Waals surface area contributed by atoms with Gasteiger partial charge in [-0.1, -0.05) is 0 Å². The Balaban J connectivity index is 2.47. The summed E-state index contributed by atoms with van der Waals surface area (Å²) in [6.45, 7) is 0.204. The van der Waals surface area contributed by atoms with Gasteiger partial charge in [-0.05, 0) is 7.05 Å². The molecule has 1 aliphatic rings. The number of carbonyl (C=O) groups excluding carboxylic acids is 2. The molecule has 1 aliphatic heterocycles. The van der Waals surface area contributed by atoms with Gasteiger partial charge in [0.15, 0.2) is 0 Å². The highest BCUT2D eigenvalue weighted by atomic mass is 16.5. The summed E-state index contributed by atoms with van der Waals surface area (Å²) in [5, 5.41) is 12.1. The van der Waals surface area contributed by atoms with Gasteiger partial charge in [-0.25, -0.2) is 0 Å². The Morgan fingerprint density at radius 3 is 2.57 bits per heavy atom. The summed E-state index contributed by atoms with van der Waals surface area (Å²) in [5.74, 6) is -0.784. The maximum atomic E-state index is 11.2. The van der Waals surface area contributed by atoms with Gasteiger partial charge in [0.1, 0.15) is 13.2 Å². The summed E-state index contributed by atoms with van der Waals surface area (Å²) in [5.41, 5.74) is 0. The zero-order valence-corrected chi connectivity index (χ0v) is 8.02. The minimum absolute atomic E-state index is 0.0296. The number of nitrogens with one attached hydrogen (secondary N) is 1. The van der Waals surface area contributed by atoms with Crippen molar-refractivity contribution in [3.05, 3.63) is 0 Å². The summed E-state index contributed by atoms with van der Waals surface area (Å²) < 4.78 is 4.73. The highest BCUT2D eigenvalue weighted by Crippen LogP contribution is 2.01. The first-order valence-electron chi connectivity index (χ1n) is 4.38. The number of carbonyl (C=O) groups is 2. The first-order chi connectivity index (χ1) is 6.65. The number of β-amino-alcohol motifs (C(OH)–C–C–N with tert-alkyl or cyclic N) is 1. The molecular formula is C8H14N2O4. The SMILES string of the molecule is CNCC(O)CN1C(=O)COCC1=O. The molecule has 0 aromatic rings. The lowest BCUT2D eigenvalue weighted by Crippen LogP contribution is -2.50. The van der Waals surface area contributed by atoms with Crippen LogP contribution >= 0.6 is 0 Å². The number of rotatable bonds is 4. The molecule has 1 heterocycles. The Hall–Kier alpha value is -0.980. The van der Waals surface area contributed by atoms with E-state index in [0.717, 1.165) is 4.90 Å². The minimum atomic E-state index is -0.731. The summed E-state index contributed by atoms with van der Waals surface area (Å²) in [6.07, 6.45) is -0.731. The fraction of sp³-hybridized carbons (Fsp3) is 0.750. The summed E-state index contributed by atoms with van der Waals surface area (Å²) in [4.78, 5) is 23.4. The van der Waals surface area contributed by atoms with E-state index in [1.165, 1.54) is 0 Å². The Morgan fingerprint density at radius 2 is 2.07 bits per heavy atom. The van der Waals surface area contributed by atoms with Crippen molar-refractivity contribution in [3.8, 4) is 0 Å². The number of nitrogens with zero attached hydrogens (tertiary/aromatic N) is 1. The van der Waals surface area contributed by atoms with Crippen molar-refractivity contribution >= 4 is 11.8 Å². The van der Waals surface area contributed by atoms with Crippen molar-refractivity contribution in [1.82, 2.24) is 10.2 Å². The Kier molecular flexibility index (Phi) is 3.99. The van der Waals surface area contributed by atoms with E-state index in [2.05, 4.69) is 5.32 Å². The van der Waals surface area contributed by atoms with Crippen LogP contribution in [0.2, 0.25) is 0 Å². The molecule has 14 heavy (non-hydrogen) atoms. The van der Waals surface area contributed by atoms with Crippen LogP contribution in [0.1, 0.15) is 0 Å². The zero-order chi connectivity index (χ0) is 10.6. The number of hydrogen-bond acceptors (Lipinski definition) is 5. The monoisotopic (exact) mass is 202 g/mol. The van der Waals surface area contributed by atoms with Gasteiger partial charge in [-0.15, -0.1) is 0 Å². The molecule has 6 heteroatoms. The molecule has 1 fully saturated rings. The number of likely N-dealkylation sites (N-methyl/N-ethyl adjacent to an activating group) is 1. The Morgan fingerprint density at radius 1 is 1.50 bits per heavy atom. The van der Waals surface area contributed by atoms with Crippen molar-refractivity contribution < 1.29 is 19.4 Å². The third-order valence-electron chi connectivity index (χ3n) is 1.89. The molecule has 1 saturated heterocycles. The van der Waals surface area contributed by atoms with Gasteiger partial charge in [0.05, 0.1) is 12.6 Å². The highest BCUT2D eigenvalue weighted by molar-refractivity contribution is 5.98. The van der Waals surface area contributed by atoms with Crippen LogP contribution in [-0.2, 0) is 14.3 Å². The lowest BCUT2D eigenvalue weighted by molar-refractivity contribution is -0.160. The molecule has 0 spiro atoms. The zero-order valence-electron chi connectivity index (χ0n) is 8.02. The van der Waals surface area contributed by atoms with Crippen molar-refractivity contribution in [2.45, 2.75) is 6.10 Å². The van der Waals surface area contributed by atoms with Crippen LogP contribution in [0.3, 0.4) is 0 Å². The van der Waals surface area contributed by atoms with E-state index in [4.69, 9.17) is 4.74 Å². The van der Waals surface area contributed by atoms with Gasteiger partial charge < -0.3 is 15.2 Å². The molecule has 0 bridgehead atoms.